The Morgan fingerprint density at radius 1 is 1.72 bits per heavy atom. The standard InChI is InChI=1S/C11H22N4O3/c1-3-15-4-5-18-9(7-15)6-13-11(16)8(2)10(12)14-17/h8-9,17H,3-7H2,1-2H3,(H2,12,14)(H,13,16). The predicted molar refractivity (Wildman–Crippen MR) is 67.4 cm³/mol. The van der Waals surface area contributed by atoms with Gasteiger partial charge in [0.25, 0.3) is 0 Å². The molecule has 1 rings (SSSR count). The zero-order valence-electron chi connectivity index (χ0n) is 10.9. The molecule has 0 aromatic heterocycles. The van der Waals surface area contributed by atoms with Crippen LogP contribution in [-0.2, 0) is 9.53 Å². The Kier molecular flexibility index (Phi) is 5.87. The van der Waals surface area contributed by atoms with E-state index < -0.39 is 5.92 Å². The van der Waals surface area contributed by atoms with E-state index in [9.17, 15) is 4.79 Å². The van der Waals surface area contributed by atoms with E-state index in [4.69, 9.17) is 15.7 Å². The number of amidine groups is 1. The Bertz CT molecular complexity index is 309. The first-order valence-electron chi connectivity index (χ1n) is 6.17. The highest BCUT2D eigenvalue weighted by atomic mass is 16.5. The summed E-state index contributed by atoms with van der Waals surface area (Å²) < 4.78 is 5.56. The largest absolute Gasteiger partial charge is 0.409 e. The Labute approximate surface area is 107 Å². The minimum atomic E-state index is -0.638. The van der Waals surface area contributed by atoms with E-state index in [0.717, 1.165) is 19.6 Å². The summed E-state index contributed by atoms with van der Waals surface area (Å²) in [5.41, 5.74) is 5.37. The SMILES string of the molecule is CCN1CCOC(CNC(=O)C(C)C(N)=NO)C1. The number of morpholine rings is 1. The lowest BCUT2D eigenvalue weighted by Crippen LogP contribution is -2.48. The molecule has 2 atom stereocenters. The molecule has 0 aromatic carbocycles. The van der Waals surface area contributed by atoms with Crippen LogP contribution in [0, 0.1) is 5.92 Å². The number of oxime groups is 1. The average Bonchev–Trinajstić information content (AvgIpc) is 2.43. The number of ether oxygens (including phenoxy) is 1. The molecular weight excluding hydrogens is 236 g/mol. The number of hydrogen-bond acceptors (Lipinski definition) is 5. The summed E-state index contributed by atoms with van der Waals surface area (Å²) >= 11 is 0. The Morgan fingerprint density at radius 2 is 2.44 bits per heavy atom. The van der Waals surface area contributed by atoms with Crippen LogP contribution in [-0.4, -0.2) is 60.7 Å². The number of carbonyl (C=O) groups is 1. The minimum Gasteiger partial charge on any atom is -0.409 e. The maximum absolute atomic E-state index is 11.7. The van der Waals surface area contributed by atoms with Gasteiger partial charge in [-0.3, -0.25) is 9.69 Å². The summed E-state index contributed by atoms with van der Waals surface area (Å²) in [5, 5.41) is 14.1. The van der Waals surface area contributed by atoms with Crippen LogP contribution in [0.3, 0.4) is 0 Å². The molecule has 1 amide bonds. The Hall–Kier alpha value is -1.34. The zero-order chi connectivity index (χ0) is 13.5. The molecule has 1 aliphatic heterocycles. The van der Waals surface area contributed by atoms with Gasteiger partial charge in [-0.15, -0.1) is 0 Å². The molecule has 0 saturated carbocycles. The fourth-order valence-electron chi connectivity index (χ4n) is 1.78. The third-order valence-electron chi connectivity index (χ3n) is 3.13. The number of nitrogens with one attached hydrogen (secondary N) is 1. The van der Waals surface area contributed by atoms with Gasteiger partial charge in [0.05, 0.1) is 18.6 Å². The molecule has 0 aromatic rings. The van der Waals surface area contributed by atoms with Gasteiger partial charge in [0.1, 0.15) is 0 Å². The number of rotatable bonds is 5. The van der Waals surface area contributed by atoms with E-state index in [-0.39, 0.29) is 17.8 Å². The van der Waals surface area contributed by atoms with Crippen molar-refractivity contribution in [3.8, 4) is 0 Å². The van der Waals surface area contributed by atoms with Crippen LogP contribution in [0.4, 0.5) is 0 Å². The Balaban J connectivity index is 2.34. The highest BCUT2D eigenvalue weighted by molar-refractivity contribution is 6.01. The molecule has 1 aliphatic rings. The predicted octanol–water partition coefficient (Wildman–Crippen LogP) is -0.794. The number of carbonyl (C=O) groups excluding carboxylic acids is 1. The minimum absolute atomic E-state index is 0.00198. The molecule has 1 fully saturated rings. The molecule has 7 nitrogen and oxygen atoms in total. The highest BCUT2D eigenvalue weighted by Gasteiger charge is 2.22. The lowest BCUT2D eigenvalue weighted by Gasteiger charge is -2.32. The first kappa shape index (κ1) is 14.7. The van der Waals surface area contributed by atoms with Crippen molar-refractivity contribution in [1.29, 1.82) is 0 Å². The van der Waals surface area contributed by atoms with Crippen LogP contribution >= 0.6 is 0 Å². The van der Waals surface area contributed by atoms with Gasteiger partial charge in [-0.05, 0) is 13.5 Å². The van der Waals surface area contributed by atoms with Gasteiger partial charge in [-0.1, -0.05) is 12.1 Å². The number of nitrogens with zero attached hydrogens (tertiary/aromatic N) is 2. The Morgan fingerprint density at radius 3 is 3.06 bits per heavy atom. The molecule has 1 saturated heterocycles. The normalized spacial score (nSPS) is 23.7. The number of amides is 1. The molecular formula is C11H22N4O3. The van der Waals surface area contributed by atoms with Gasteiger partial charge in [0.2, 0.25) is 5.91 Å². The van der Waals surface area contributed by atoms with Gasteiger partial charge in [0, 0.05) is 19.6 Å². The van der Waals surface area contributed by atoms with Crippen LogP contribution in [0.5, 0.6) is 0 Å². The summed E-state index contributed by atoms with van der Waals surface area (Å²) in [4.78, 5) is 14.0. The molecule has 4 N–H and O–H groups in total. The molecule has 0 spiro atoms. The lowest BCUT2D eigenvalue weighted by molar-refractivity contribution is -0.123. The van der Waals surface area contributed by atoms with Crippen molar-refractivity contribution in [3.05, 3.63) is 0 Å². The maximum Gasteiger partial charge on any atom is 0.230 e. The van der Waals surface area contributed by atoms with Crippen LogP contribution in [0.25, 0.3) is 0 Å². The summed E-state index contributed by atoms with van der Waals surface area (Å²) in [6.45, 7) is 7.54. The lowest BCUT2D eigenvalue weighted by atomic mass is 10.1. The van der Waals surface area contributed by atoms with Gasteiger partial charge in [0.15, 0.2) is 5.84 Å². The molecule has 1 heterocycles. The van der Waals surface area contributed by atoms with Gasteiger partial charge in [-0.25, -0.2) is 0 Å². The molecule has 0 radical (unpaired) electrons. The van der Waals surface area contributed by atoms with Crippen molar-refractivity contribution in [3.63, 3.8) is 0 Å². The summed E-state index contributed by atoms with van der Waals surface area (Å²) in [6, 6.07) is 0. The highest BCUT2D eigenvalue weighted by Crippen LogP contribution is 2.04. The van der Waals surface area contributed by atoms with Crippen molar-refractivity contribution in [1.82, 2.24) is 10.2 Å². The topological polar surface area (TPSA) is 100 Å². The molecule has 7 heteroatoms. The van der Waals surface area contributed by atoms with E-state index in [1.807, 2.05) is 0 Å². The summed E-state index contributed by atoms with van der Waals surface area (Å²) in [7, 11) is 0. The second-order valence-electron chi connectivity index (χ2n) is 4.38. The van der Waals surface area contributed by atoms with Crippen LogP contribution in [0.2, 0.25) is 0 Å². The summed E-state index contributed by atoms with van der Waals surface area (Å²) in [6.07, 6.45) is 0.00198. The van der Waals surface area contributed by atoms with Crippen molar-refractivity contribution in [2.45, 2.75) is 20.0 Å². The zero-order valence-corrected chi connectivity index (χ0v) is 10.9. The van der Waals surface area contributed by atoms with Gasteiger partial charge >= 0.3 is 0 Å². The quantitative estimate of drug-likeness (QED) is 0.259. The first-order valence-corrected chi connectivity index (χ1v) is 6.17. The van der Waals surface area contributed by atoms with E-state index in [1.165, 1.54) is 0 Å². The smallest absolute Gasteiger partial charge is 0.230 e. The first-order chi connectivity index (χ1) is 8.58. The second-order valence-corrected chi connectivity index (χ2v) is 4.38. The van der Waals surface area contributed by atoms with E-state index >= 15 is 0 Å². The average molecular weight is 258 g/mol. The number of likely N-dealkylation sites (N-methyl/N-ethyl adjacent to an activating group) is 1. The summed E-state index contributed by atoms with van der Waals surface area (Å²) in [5.74, 6) is -0.990. The van der Waals surface area contributed by atoms with E-state index in [0.29, 0.717) is 13.2 Å². The maximum atomic E-state index is 11.7. The molecule has 0 bridgehead atoms. The van der Waals surface area contributed by atoms with Crippen molar-refractivity contribution in [2.24, 2.45) is 16.8 Å². The molecule has 0 aliphatic carbocycles. The van der Waals surface area contributed by atoms with E-state index in [2.05, 4.69) is 22.3 Å². The van der Waals surface area contributed by atoms with Gasteiger partial charge in [-0.2, -0.15) is 0 Å². The van der Waals surface area contributed by atoms with Crippen LogP contribution in [0.1, 0.15) is 13.8 Å². The number of hydrogen-bond donors (Lipinski definition) is 3. The number of nitrogens with two attached hydrogens (primary N) is 1. The van der Waals surface area contributed by atoms with Crippen LogP contribution < -0.4 is 11.1 Å². The fourth-order valence-corrected chi connectivity index (χ4v) is 1.78. The molecule has 18 heavy (non-hydrogen) atoms. The fraction of sp³-hybridized carbons (Fsp3) is 0.818. The third-order valence-corrected chi connectivity index (χ3v) is 3.13. The van der Waals surface area contributed by atoms with E-state index in [1.54, 1.807) is 6.92 Å². The van der Waals surface area contributed by atoms with Gasteiger partial charge < -0.3 is 21.0 Å². The van der Waals surface area contributed by atoms with Crippen molar-refractivity contribution >= 4 is 11.7 Å². The van der Waals surface area contributed by atoms with Crippen molar-refractivity contribution in [2.75, 3.05) is 32.8 Å². The van der Waals surface area contributed by atoms with Crippen LogP contribution in [0.15, 0.2) is 5.16 Å². The third kappa shape index (κ3) is 4.15. The second kappa shape index (κ2) is 7.17. The molecule has 2 unspecified atom stereocenters. The van der Waals surface area contributed by atoms with Crippen molar-refractivity contribution < 1.29 is 14.7 Å². The monoisotopic (exact) mass is 258 g/mol. The molecule has 104 valence electrons.